The minimum Gasteiger partial charge on any atom is -0.383 e. The van der Waals surface area contributed by atoms with Gasteiger partial charge in [-0.3, -0.25) is 4.79 Å². The fraction of sp³-hybridized carbons (Fsp3) is 0.625. The monoisotopic (exact) mass is 293 g/mol. The molecule has 2 N–H and O–H groups in total. The van der Waals surface area contributed by atoms with Gasteiger partial charge in [0.15, 0.2) is 0 Å². The number of hydrogen-bond donors (Lipinski definition) is 2. The van der Waals surface area contributed by atoms with Crippen molar-refractivity contribution in [2.24, 2.45) is 0 Å². The maximum absolute atomic E-state index is 12.4. The van der Waals surface area contributed by atoms with Gasteiger partial charge in [-0.1, -0.05) is 27.2 Å². The fourth-order valence-electron chi connectivity index (χ4n) is 2.12. The third-order valence-electron chi connectivity index (χ3n) is 3.30. The summed E-state index contributed by atoms with van der Waals surface area (Å²) in [7, 11) is 3.45. The number of amides is 1. The highest BCUT2D eigenvalue weighted by Crippen LogP contribution is 2.17. The van der Waals surface area contributed by atoms with Crippen LogP contribution in [0.15, 0.2) is 12.1 Å². The quantitative estimate of drug-likeness (QED) is 0.773. The molecule has 1 aromatic rings. The Bertz CT molecular complexity index is 455. The van der Waals surface area contributed by atoms with E-state index in [1.807, 2.05) is 6.07 Å². The summed E-state index contributed by atoms with van der Waals surface area (Å²) in [5.41, 5.74) is 1.54. The van der Waals surface area contributed by atoms with E-state index in [-0.39, 0.29) is 17.9 Å². The zero-order valence-corrected chi connectivity index (χ0v) is 13.7. The lowest BCUT2D eigenvalue weighted by molar-refractivity contribution is 0.0891. The number of aromatic nitrogens is 1. The topological polar surface area (TPSA) is 63.2 Å². The number of nitrogens with one attached hydrogen (secondary N) is 2. The number of methoxy groups -OCH3 is 1. The smallest absolute Gasteiger partial charge is 0.251 e. The maximum Gasteiger partial charge on any atom is 0.251 e. The molecule has 118 valence electrons. The Morgan fingerprint density at radius 2 is 2.10 bits per heavy atom. The van der Waals surface area contributed by atoms with E-state index in [9.17, 15) is 4.79 Å². The standard InChI is InChI=1S/C16H27N3O2/c1-6-7-13(10-21-5)18-16(20)12-8-14(11(2)3)19-15(9-12)17-4/h8-9,11,13H,6-7,10H2,1-5H3,(H,17,19)(H,18,20). The van der Waals surface area contributed by atoms with Crippen LogP contribution in [0.25, 0.3) is 0 Å². The van der Waals surface area contributed by atoms with Crippen LogP contribution in [0.5, 0.6) is 0 Å². The number of carbonyl (C=O) groups is 1. The van der Waals surface area contributed by atoms with Crippen LogP contribution in [-0.4, -0.2) is 37.7 Å². The molecule has 0 aliphatic carbocycles. The molecule has 5 heteroatoms. The van der Waals surface area contributed by atoms with Crippen LogP contribution in [-0.2, 0) is 4.74 Å². The van der Waals surface area contributed by atoms with Crippen molar-refractivity contribution >= 4 is 11.7 Å². The Balaban J connectivity index is 2.92. The molecule has 0 spiro atoms. The van der Waals surface area contributed by atoms with Crippen LogP contribution < -0.4 is 10.6 Å². The first-order valence-electron chi connectivity index (χ1n) is 7.51. The Hall–Kier alpha value is -1.62. The number of hydrogen-bond acceptors (Lipinski definition) is 4. The molecule has 0 radical (unpaired) electrons. The van der Waals surface area contributed by atoms with Gasteiger partial charge < -0.3 is 15.4 Å². The average molecular weight is 293 g/mol. The highest BCUT2D eigenvalue weighted by Gasteiger charge is 2.15. The van der Waals surface area contributed by atoms with Gasteiger partial charge in [-0.25, -0.2) is 4.98 Å². The number of anilines is 1. The van der Waals surface area contributed by atoms with Crippen LogP contribution in [0.2, 0.25) is 0 Å². The van der Waals surface area contributed by atoms with Gasteiger partial charge in [0.1, 0.15) is 5.82 Å². The predicted octanol–water partition coefficient (Wildman–Crippen LogP) is 2.79. The van der Waals surface area contributed by atoms with Gasteiger partial charge in [-0.05, 0) is 24.5 Å². The molecule has 1 heterocycles. The molecular formula is C16H27N3O2. The van der Waals surface area contributed by atoms with Gasteiger partial charge in [0.05, 0.1) is 12.6 Å². The Morgan fingerprint density at radius 3 is 2.62 bits per heavy atom. The zero-order chi connectivity index (χ0) is 15.8. The molecule has 0 fully saturated rings. The van der Waals surface area contributed by atoms with E-state index < -0.39 is 0 Å². The fourth-order valence-corrected chi connectivity index (χ4v) is 2.12. The number of pyridine rings is 1. The van der Waals surface area contributed by atoms with Gasteiger partial charge in [-0.15, -0.1) is 0 Å². The molecule has 1 unspecified atom stereocenters. The first kappa shape index (κ1) is 17.4. The molecule has 0 saturated heterocycles. The van der Waals surface area contributed by atoms with E-state index in [1.54, 1.807) is 20.2 Å². The highest BCUT2D eigenvalue weighted by molar-refractivity contribution is 5.95. The van der Waals surface area contributed by atoms with Crippen LogP contribution in [0, 0.1) is 0 Å². The second kappa shape index (κ2) is 8.62. The molecule has 0 aromatic carbocycles. The van der Waals surface area contributed by atoms with E-state index in [0.29, 0.717) is 18.0 Å². The molecule has 5 nitrogen and oxygen atoms in total. The van der Waals surface area contributed by atoms with Crippen molar-refractivity contribution in [3.63, 3.8) is 0 Å². The Morgan fingerprint density at radius 1 is 1.38 bits per heavy atom. The lowest BCUT2D eigenvalue weighted by atomic mass is 10.1. The Labute approximate surface area is 127 Å². The predicted molar refractivity (Wildman–Crippen MR) is 85.9 cm³/mol. The number of rotatable bonds is 8. The summed E-state index contributed by atoms with van der Waals surface area (Å²) < 4.78 is 5.16. The summed E-state index contributed by atoms with van der Waals surface area (Å²) in [6.07, 6.45) is 1.91. The van der Waals surface area contributed by atoms with E-state index >= 15 is 0 Å². The van der Waals surface area contributed by atoms with Crippen LogP contribution in [0.4, 0.5) is 5.82 Å². The second-order valence-corrected chi connectivity index (χ2v) is 5.49. The van der Waals surface area contributed by atoms with Gasteiger partial charge in [0.2, 0.25) is 0 Å². The molecule has 1 atom stereocenters. The first-order valence-corrected chi connectivity index (χ1v) is 7.51. The molecule has 0 bridgehead atoms. The maximum atomic E-state index is 12.4. The number of nitrogens with zero attached hydrogens (tertiary/aromatic N) is 1. The van der Waals surface area contributed by atoms with Crippen molar-refractivity contribution in [2.45, 2.75) is 45.6 Å². The van der Waals surface area contributed by atoms with E-state index in [2.05, 4.69) is 36.4 Å². The van der Waals surface area contributed by atoms with Gasteiger partial charge >= 0.3 is 0 Å². The highest BCUT2D eigenvalue weighted by atomic mass is 16.5. The molecule has 1 amide bonds. The molecular weight excluding hydrogens is 266 g/mol. The van der Waals surface area contributed by atoms with E-state index in [1.165, 1.54) is 0 Å². The summed E-state index contributed by atoms with van der Waals surface area (Å²) >= 11 is 0. The van der Waals surface area contributed by atoms with Crippen molar-refractivity contribution in [1.29, 1.82) is 0 Å². The van der Waals surface area contributed by atoms with Crippen LogP contribution in [0.1, 0.15) is 55.6 Å². The van der Waals surface area contributed by atoms with Crippen molar-refractivity contribution in [3.8, 4) is 0 Å². The molecule has 0 aliphatic rings. The number of carbonyl (C=O) groups excluding carboxylic acids is 1. The Kier molecular flexibility index (Phi) is 7.15. The molecule has 1 aromatic heterocycles. The summed E-state index contributed by atoms with van der Waals surface area (Å²) in [6, 6.07) is 3.68. The molecule has 1 rings (SSSR count). The van der Waals surface area contributed by atoms with E-state index in [0.717, 1.165) is 18.5 Å². The van der Waals surface area contributed by atoms with Crippen molar-refractivity contribution in [3.05, 3.63) is 23.4 Å². The lowest BCUT2D eigenvalue weighted by Crippen LogP contribution is -2.38. The van der Waals surface area contributed by atoms with Crippen LogP contribution >= 0.6 is 0 Å². The third kappa shape index (κ3) is 5.34. The molecule has 0 aliphatic heterocycles. The van der Waals surface area contributed by atoms with E-state index in [4.69, 9.17) is 4.74 Å². The average Bonchev–Trinajstić information content (AvgIpc) is 2.47. The molecule has 0 saturated carbocycles. The zero-order valence-electron chi connectivity index (χ0n) is 13.7. The summed E-state index contributed by atoms with van der Waals surface area (Å²) in [4.78, 5) is 16.9. The van der Waals surface area contributed by atoms with Crippen molar-refractivity contribution < 1.29 is 9.53 Å². The molecule has 21 heavy (non-hydrogen) atoms. The third-order valence-corrected chi connectivity index (χ3v) is 3.30. The largest absolute Gasteiger partial charge is 0.383 e. The number of ether oxygens (including phenoxy) is 1. The van der Waals surface area contributed by atoms with Gasteiger partial charge in [-0.2, -0.15) is 0 Å². The summed E-state index contributed by atoms with van der Waals surface area (Å²) in [6.45, 7) is 6.75. The van der Waals surface area contributed by atoms with Crippen LogP contribution in [0.3, 0.4) is 0 Å². The minimum atomic E-state index is -0.0775. The normalized spacial score (nSPS) is 12.3. The van der Waals surface area contributed by atoms with Crippen molar-refractivity contribution in [1.82, 2.24) is 10.3 Å². The second-order valence-electron chi connectivity index (χ2n) is 5.49. The first-order chi connectivity index (χ1) is 10.0. The SMILES string of the molecule is CCCC(COC)NC(=O)c1cc(NC)nc(C(C)C)c1. The lowest BCUT2D eigenvalue weighted by Gasteiger charge is -2.18. The summed E-state index contributed by atoms with van der Waals surface area (Å²) in [5, 5.41) is 6.04. The van der Waals surface area contributed by atoms with Gasteiger partial charge in [0, 0.05) is 25.4 Å². The van der Waals surface area contributed by atoms with Crippen molar-refractivity contribution in [2.75, 3.05) is 26.1 Å². The van der Waals surface area contributed by atoms with Gasteiger partial charge in [0.25, 0.3) is 5.91 Å². The summed E-state index contributed by atoms with van der Waals surface area (Å²) in [5.74, 6) is 0.909. The minimum absolute atomic E-state index is 0.0428.